The van der Waals surface area contributed by atoms with Crippen LogP contribution in [-0.4, -0.2) is 24.5 Å². The molecule has 0 aliphatic heterocycles. The molecule has 0 aliphatic carbocycles. The molecule has 0 bridgehead atoms. The van der Waals surface area contributed by atoms with Crippen LogP contribution in [0.5, 0.6) is 11.5 Å². The molecule has 3 amide bonds. The lowest BCUT2D eigenvalue weighted by Crippen LogP contribution is -2.31. The first-order valence-electron chi connectivity index (χ1n) is 9.61. The summed E-state index contributed by atoms with van der Waals surface area (Å²) in [6, 6.07) is 16.0. The Morgan fingerprint density at radius 3 is 2.35 bits per heavy atom. The maximum Gasteiger partial charge on any atom is 0.414 e. The third-order valence-corrected chi connectivity index (χ3v) is 5.53. The summed E-state index contributed by atoms with van der Waals surface area (Å²) in [4.78, 5) is 37.9. The number of imide groups is 1. The third-order valence-electron chi connectivity index (χ3n) is 4.41. The van der Waals surface area contributed by atoms with Crippen molar-refractivity contribution in [2.75, 3.05) is 11.9 Å². The zero-order chi connectivity index (χ0) is 22.4. The second kappa shape index (κ2) is 9.90. The molecule has 3 rings (SSSR count). The molecule has 2 N–H and O–H groups in total. The van der Waals surface area contributed by atoms with Gasteiger partial charge in [-0.25, -0.2) is 4.79 Å². The standard InChI is InChI=1S/C23H22N2O5S/c1-4-29-23(28)25-21(27)19-14(2)15(3)31-22(19)24-20(26)16-9-8-12-18(13-16)30-17-10-6-5-7-11-17/h5-13H,4H2,1-3H3,(H,24,26)(H,25,27,28). The molecule has 7 nitrogen and oxygen atoms in total. The average Bonchev–Trinajstić information content (AvgIpc) is 3.02. The van der Waals surface area contributed by atoms with Crippen LogP contribution < -0.4 is 15.4 Å². The number of carbonyl (C=O) groups excluding carboxylic acids is 3. The van der Waals surface area contributed by atoms with Crippen molar-refractivity contribution < 1.29 is 23.9 Å². The highest BCUT2D eigenvalue weighted by atomic mass is 32.1. The lowest BCUT2D eigenvalue weighted by Gasteiger charge is -2.10. The number of hydrogen-bond acceptors (Lipinski definition) is 6. The highest BCUT2D eigenvalue weighted by Crippen LogP contribution is 2.33. The van der Waals surface area contributed by atoms with Gasteiger partial charge >= 0.3 is 6.09 Å². The van der Waals surface area contributed by atoms with Gasteiger partial charge in [0.25, 0.3) is 11.8 Å². The third kappa shape index (κ3) is 5.49. The number of carbonyl (C=O) groups is 3. The molecular formula is C23H22N2O5S. The Morgan fingerprint density at radius 1 is 0.935 bits per heavy atom. The van der Waals surface area contributed by atoms with Gasteiger partial charge in [0, 0.05) is 10.4 Å². The van der Waals surface area contributed by atoms with Gasteiger partial charge in [-0.15, -0.1) is 11.3 Å². The largest absolute Gasteiger partial charge is 0.457 e. The normalized spacial score (nSPS) is 10.3. The molecule has 0 radical (unpaired) electrons. The van der Waals surface area contributed by atoms with Gasteiger partial charge in [0.05, 0.1) is 12.2 Å². The van der Waals surface area contributed by atoms with Crippen molar-refractivity contribution in [1.29, 1.82) is 0 Å². The van der Waals surface area contributed by atoms with Crippen LogP contribution in [-0.2, 0) is 4.74 Å². The van der Waals surface area contributed by atoms with Crippen molar-refractivity contribution in [3.8, 4) is 11.5 Å². The van der Waals surface area contributed by atoms with Crippen molar-refractivity contribution in [2.45, 2.75) is 20.8 Å². The summed E-state index contributed by atoms with van der Waals surface area (Å²) in [7, 11) is 0. The van der Waals surface area contributed by atoms with E-state index in [2.05, 4.69) is 10.6 Å². The van der Waals surface area contributed by atoms with Gasteiger partial charge in [-0.3, -0.25) is 14.9 Å². The summed E-state index contributed by atoms with van der Waals surface area (Å²) in [5.74, 6) is 0.141. The van der Waals surface area contributed by atoms with E-state index >= 15 is 0 Å². The second-order valence-corrected chi connectivity index (χ2v) is 7.78. The minimum Gasteiger partial charge on any atom is -0.457 e. The molecule has 8 heteroatoms. The number of hydrogen-bond donors (Lipinski definition) is 2. The fraction of sp³-hybridized carbons (Fsp3) is 0.174. The summed E-state index contributed by atoms with van der Waals surface area (Å²) in [6.07, 6.45) is -0.834. The van der Waals surface area contributed by atoms with Crippen LogP contribution in [0.15, 0.2) is 54.6 Å². The Labute approximate surface area is 184 Å². The minimum atomic E-state index is -0.834. The number of amides is 3. The zero-order valence-corrected chi connectivity index (χ0v) is 18.2. The lowest BCUT2D eigenvalue weighted by atomic mass is 10.1. The topological polar surface area (TPSA) is 93.7 Å². The summed E-state index contributed by atoms with van der Waals surface area (Å²) < 4.78 is 10.5. The van der Waals surface area contributed by atoms with E-state index in [0.717, 1.165) is 4.88 Å². The Kier molecular flexibility index (Phi) is 7.04. The highest BCUT2D eigenvalue weighted by Gasteiger charge is 2.23. The average molecular weight is 439 g/mol. The molecule has 3 aromatic rings. The molecular weight excluding hydrogens is 416 g/mol. The number of para-hydroxylation sites is 1. The molecule has 160 valence electrons. The van der Waals surface area contributed by atoms with Crippen LogP contribution in [0.25, 0.3) is 0 Å². The van der Waals surface area contributed by atoms with Crippen LogP contribution in [0, 0.1) is 13.8 Å². The van der Waals surface area contributed by atoms with Gasteiger partial charge in [-0.1, -0.05) is 24.3 Å². The molecule has 0 aliphatic rings. The molecule has 0 unspecified atom stereocenters. The van der Waals surface area contributed by atoms with E-state index in [9.17, 15) is 14.4 Å². The van der Waals surface area contributed by atoms with Crippen molar-refractivity contribution >= 4 is 34.2 Å². The summed E-state index contributed by atoms with van der Waals surface area (Å²) in [6.45, 7) is 5.39. The van der Waals surface area contributed by atoms with Gasteiger partial charge in [0.15, 0.2) is 0 Å². The van der Waals surface area contributed by atoms with Gasteiger partial charge in [0.1, 0.15) is 16.5 Å². The molecule has 2 aromatic carbocycles. The quantitative estimate of drug-likeness (QED) is 0.545. The Bertz CT molecular complexity index is 1110. The smallest absolute Gasteiger partial charge is 0.414 e. The number of thiophene rings is 1. The minimum absolute atomic E-state index is 0.145. The summed E-state index contributed by atoms with van der Waals surface area (Å²) in [5, 5.41) is 5.31. The number of benzene rings is 2. The van der Waals surface area contributed by atoms with Gasteiger partial charge < -0.3 is 14.8 Å². The molecule has 1 aromatic heterocycles. The van der Waals surface area contributed by atoms with Crippen molar-refractivity contribution in [1.82, 2.24) is 5.32 Å². The van der Waals surface area contributed by atoms with Crippen LogP contribution in [0.1, 0.15) is 38.1 Å². The van der Waals surface area contributed by atoms with E-state index in [1.165, 1.54) is 11.3 Å². The van der Waals surface area contributed by atoms with Crippen LogP contribution >= 0.6 is 11.3 Å². The van der Waals surface area contributed by atoms with Crippen molar-refractivity contribution in [3.05, 3.63) is 76.2 Å². The predicted molar refractivity (Wildman–Crippen MR) is 119 cm³/mol. The van der Waals surface area contributed by atoms with E-state index < -0.39 is 17.9 Å². The number of anilines is 1. The number of rotatable bonds is 6. The fourth-order valence-electron chi connectivity index (χ4n) is 2.81. The number of aryl methyl sites for hydroxylation is 1. The first-order valence-corrected chi connectivity index (χ1v) is 10.4. The molecule has 0 saturated heterocycles. The number of alkyl carbamates (subject to hydrolysis) is 1. The maximum absolute atomic E-state index is 12.9. The van der Waals surface area contributed by atoms with E-state index in [0.29, 0.717) is 27.6 Å². The maximum atomic E-state index is 12.9. The van der Waals surface area contributed by atoms with E-state index in [1.54, 1.807) is 38.1 Å². The predicted octanol–water partition coefficient (Wildman–Crippen LogP) is 5.30. The van der Waals surface area contributed by atoms with Gasteiger partial charge in [0.2, 0.25) is 0 Å². The van der Waals surface area contributed by atoms with E-state index in [-0.39, 0.29) is 12.2 Å². The molecule has 0 saturated carbocycles. The molecule has 0 atom stereocenters. The van der Waals surface area contributed by atoms with E-state index in [4.69, 9.17) is 9.47 Å². The zero-order valence-electron chi connectivity index (χ0n) is 17.4. The summed E-state index contributed by atoms with van der Waals surface area (Å²) in [5.41, 5.74) is 1.29. The first kappa shape index (κ1) is 22.0. The number of ether oxygens (including phenoxy) is 2. The fourth-order valence-corrected chi connectivity index (χ4v) is 3.86. The first-order chi connectivity index (χ1) is 14.9. The Morgan fingerprint density at radius 2 is 1.65 bits per heavy atom. The summed E-state index contributed by atoms with van der Waals surface area (Å²) >= 11 is 1.26. The molecule has 0 fully saturated rings. The van der Waals surface area contributed by atoms with Crippen LogP contribution in [0.4, 0.5) is 9.80 Å². The number of nitrogens with one attached hydrogen (secondary N) is 2. The molecule has 1 heterocycles. The molecule has 0 spiro atoms. The van der Waals surface area contributed by atoms with Crippen molar-refractivity contribution in [3.63, 3.8) is 0 Å². The van der Waals surface area contributed by atoms with Gasteiger partial charge in [-0.05, 0) is 56.7 Å². The monoisotopic (exact) mass is 438 g/mol. The lowest BCUT2D eigenvalue weighted by molar-refractivity contribution is 0.0925. The molecule has 31 heavy (non-hydrogen) atoms. The SMILES string of the molecule is CCOC(=O)NC(=O)c1c(NC(=O)c2cccc(Oc3ccccc3)c2)sc(C)c1C. The van der Waals surface area contributed by atoms with Gasteiger partial charge in [-0.2, -0.15) is 0 Å². The Hall–Kier alpha value is -3.65. The second-order valence-electron chi connectivity index (χ2n) is 6.56. The Balaban J connectivity index is 1.79. The van der Waals surface area contributed by atoms with E-state index in [1.807, 2.05) is 37.3 Å². The van der Waals surface area contributed by atoms with Crippen LogP contribution in [0.3, 0.4) is 0 Å². The highest BCUT2D eigenvalue weighted by molar-refractivity contribution is 7.16. The van der Waals surface area contributed by atoms with Crippen LogP contribution in [0.2, 0.25) is 0 Å². The van der Waals surface area contributed by atoms with Crippen molar-refractivity contribution in [2.24, 2.45) is 0 Å².